The smallest absolute Gasteiger partial charge is 0.253 e. The van der Waals surface area contributed by atoms with Gasteiger partial charge in [-0.25, -0.2) is 0 Å². The molecule has 3 N–H and O–H groups in total. The number of nitrogens with zero attached hydrogens (tertiary/aromatic N) is 1. The van der Waals surface area contributed by atoms with Crippen LogP contribution in [0.2, 0.25) is 0 Å². The number of hydrazine groups is 1. The highest BCUT2D eigenvalue weighted by Crippen LogP contribution is 2.22. The van der Waals surface area contributed by atoms with Gasteiger partial charge in [-0.3, -0.25) is 15.6 Å². The van der Waals surface area contributed by atoms with Crippen LogP contribution in [-0.4, -0.2) is 50.8 Å². The summed E-state index contributed by atoms with van der Waals surface area (Å²) in [6.07, 6.45) is 0. The molecule has 0 bridgehead atoms. The zero-order valence-electron chi connectivity index (χ0n) is 13.8. The van der Waals surface area contributed by atoms with E-state index in [0.29, 0.717) is 37.8 Å². The number of hydrogen-bond donors (Lipinski definition) is 3. The van der Waals surface area contributed by atoms with Crippen molar-refractivity contribution in [3.63, 3.8) is 0 Å². The molecular weight excluding hydrogens is 292 g/mol. The summed E-state index contributed by atoms with van der Waals surface area (Å²) in [4.78, 5) is 14.9. The summed E-state index contributed by atoms with van der Waals surface area (Å²) >= 11 is 0. The van der Waals surface area contributed by atoms with Crippen molar-refractivity contribution in [2.45, 2.75) is 25.9 Å². The van der Waals surface area contributed by atoms with E-state index in [2.05, 4.69) is 34.9 Å². The molecule has 3 rings (SSSR count). The topological polar surface area (TPSA) is 65.6 Å². The highest BCUT2D eigenvalue weighted by molar-refractivity contribution is 5.99. The molecule has 2 aliphatic heterocycles. The fourth-order valence-electron chi connectivity index (χ4n) is 3.31. The Morgan fingerprint density at radius 2 is 1.87 bits per heavy atom. The van der Waals surface area contributed by atoms with Crippen molar-refractivity contribution in [2.75, 3.05) is 37.7 Å². The first-order valence-corrected chi connectivity index (χ1v) is 8.38. The Balaban J connectivity index is 1.67. The average molecular weight is 318 g/mol. The minimum atomic E-state index is -0.00149. The van der Waals surface area contributed by atoms with Gasteiger partial charge in [-0.15, -0.1) is 0 Å². The third-order valence-corrected chi connectivity index (χ3v) is 4.82. The second-order valence-corrected chi connectivity index (χ2v) is 6.36. The summed E-state index contributed by atoms with van der Waals surface area (Å²) < 4.78 is 5.40. The first-order chi connectivity index (χ1) is 11.2. The molecule has 2 fully saturated rings. The van der Waals surface area contributed by atoms with Gasteiger partial charge in [-0.05, 0) is 26.0 Å². The normalized spacial score (nSPS) is 27.9. The highest BCUT2D eigenvalue weighted by Gasteiger charge is 2.30. The maximum atomic E-state index is 12.7. The van der Waals surface area contributed by atoms with Gasteiger partial charge in [0, 0.05) is 43.3 Å². The quantitative estimate of drug-likeness (QED) is 0.765. The van der Waals surface area contributed by atoms with Gasteiger partial charge < -0.3 is 15.0 Å². The first kappa shape index (κ1) is 16.2. The van der Waals surface area contributed by atoms with Crippen LogP contribution >= 0.6 is 0 Å². The first-order valence-electron chi connectivity index (χ1n) is 8.38. The number of nitrogens with one attached hydrogen (secondary N) is 3. The second-order valence-electron chi connectivity index (χ2n) is 6.36. The number of hydrogen-bond acceptors (Lipinski definition) is 5. The fourth-order valence-corrected chi connectivity index (χ4v) is 3.31. The minimum absolute atomic E-state index is 0.00149. The SMILES string of the molecule is CC1NNC(C)C1CNC(=O)c1ccccc1N1CCOCC1. The number of anilines is 1. The lowest BCUT2D eigenvalue weighted by molar-refractivity contribution is 0.0944. The minimum Gasteiger partial charge on any atom is -0.378 e. The van der Waals surface area contributed by atoms with Crippen LogP contribution in [0.15, 0.2) is 24.3 Å². The molecule has 2 heterocycles. The van der Waals surface area contributed by atoms with E-state index in [9.17, 15) is 4.79 Å². The molecule has 1 aromatic carbocycles. The maximum absolute atomic E-state index is 12.7. The number of amides is 1. The van der Waals surface area contributed by atoms with Crippen LogP contribution in [0.1, 0.15) is 24.2 Å². The van der Waals surface area contributed by atoms with Crippen LogP contribution in [0.3, 0.4) is 0 Å². The lowest BCUT2D eigenvalue weighted by atomic mass is 9.96. The Labute approximate surface area is 137 Å². The van der Waals surface area contributed by atoms with Gasteiger partial charge in [0.25, 0.3) is 5.91 Å². The number of para-hydroxylation sites is 1. The maximum Gasteiger partial charge on any atom is 0.253 e. The van der Waals surface area contributed by atoms with Crippen molar-refractivity contribution in [1.82, 2.24) is 16.2 Å². The Kier molecular flexibility index (Phi) is 5.15. The van der Waals surface area contributed by atoms with Gasteiger partial charge in [0.2, 0.25) is 0 Å². The van der Waals surface area contributed by atoms with Crippen molar-refractivity contribution in [1.29, 1.82) is 0 Å². The number of rotatable bonds is 4. The zero-order chi connectivity index (χ0) is 16.2. The molecule has 0 aliphatic carbocycles. The third kappa shape index (κ3) is 3.65. The monoisotopic (exact) mass is 318 g/mol. The van der Waals surface area contributed by atoms with E-state index in [1.54, 1.807) is 0 Å². The summed E-state index contributed by atoms with van der Waals surface area (Å²) in [6, 6.07) is 8.52. The zero-order valence-corrected chi connectivity index (χ0v) is 13.8. The van der Waals surface area contributed by atoms with Crippen LogP contribution in [-0.2, 0) is 4.74 Å². The van der Waals surface area contributed by atoms with Gasteiger partial charge in [-0.2, -0.15) is 0 Å². The van der Waals surface area contributed by atoms with Crippen molar-refractivity contribution < 1.29 is 9.53 Å². The van der Waals surface area contributed by atoms with E-state index < -0.39 is 0 Å². The number of ether oxygens (including phenoxy) is 1. The predicted octanol–water partition coefficient (Wildman–Crippen LogP) is 0.754. The molecule has 1 aromatic rings. The molecule has 0 radical (unpaired) electrons. The van der Waals surface area contributed by atoms with Crippen LogP contribution < -0.4 is 21.1 Å². The van der Waals surface area contributed by atoms with Crippen molar-refractivity contribution >= 4 is 11.6 Å². The van der Waals surface area contributed by atoms with Crippen molar-refractivity contribution in [3.8, 4) is 0 Å². The Morgan fingerprint density at radius 3 is 2.57 bits per heavy atom. The summed E-state index contributed by atoms with van der Waals surface area (Å²) in [6.45, 7) is 8.01. The van der Waals surface area contributed by atoms with E-state index >= 15 is 0 Å². The lowest BCUT2D eigenvalue weighted by Gasteiger charge is -2.30. The molecule has 126 valence electrons. The van der Waals surface area contributed by atoms with Gasteiger partial charge in [-0.1, -0.05) is 12.1 Å². The summed E-state index contributed by atoms with van der Waals surface area (Å²) in [5, 5.41) is 3.10. The van der Waals surface area contributed by atoms with Gasteiger partial charge in [0.1, 0.15) is 0 Å². The molecule has 0 aromatic heterocycles. The summed E-state index contributed by atoms with van der Waals surface area (Å²) in [7, 11) is 0. The van der Waals surface area contributed by atoms with E-state index in [4.69, 9.17) is 4.74 Å². The molecule has 2 atom stereocenters. The van der Waals surface area contributed by atoms with Crippen molar-refractivity contribution in [3.05, 3.63) is 29.8 Å². The standard InChI is InChI=1S/C17H26N4O2/c1-12-15(13(2)20-19-12)11-18-17(22)14-5-3-4-6-16(14)21-7-9-23-10-8-21/h3-6,12-13,15,19-20H,7-11H2,1-2H3,(H,18,22). The van der Waals surface area contributed by atoms with Crippen LogP contribution in [0.4, 0.5) is 5.69 Å². The number of carbonyl (C=O) groups is 1. The van der Waals surface area contributed by atoms with Gasteiger partial charge in [0.15, 0.2) is 0 Å². The third-order valence-electron chi connectivity index (χ3n) is 4.82. The van der Waals surface area contributed by atoms with Crippen LogP contribution in [0.25, 0.3) is 0 Å². The largest absolute Gasteiger partial charge is 0.378 e. The van der Waals surface area contributed by atoms with Gasteiger partial charge >= 0.3 is 0 Å². The Morgan fingerprint density at radius 1 is 1.22 bits per heavy atom. The molecule has 1 amide bonds. The average Bonchev–Trinajstić information content (AvgIpc) is 2.92. The molecule has 2 saturated heterocycles. The molecule has 0 saturated carbocycles. The predicted molar refractivity (Wildman–Crippen MR) is 90.5 cm³/mol. The molecule has 2 unspecified atom stereocenters. The lowest BCUT2D eigenvalue weighted by Crippen LogP contribution is -2.39. The fraction of sp³-hybridized carbons (Fsp3) is 0.588. The summed E-state index contributed by atoms with van der Waals surface area (Å²) in [5.74, 6) is 0.382. The van der Waals surface area contributed by atoms with Crippen LogP contribution in [0, 0.1) is 5.92 Å². The van der Waals surface area contributed by atoms with Crippen LogP contribution in [0.5, 0.6) is 0 Å². The Bertz CT molecular complexity index is 535. The van der Waals surface area contributed by atoms with E-state index in [1.807, 2.05) is 24.3 Å². The van der Waals surface area contributed by atoms with E-state index in [0.717, 1.165) is 24.3 Å². The number of benzene rings is 1. The molecule has 23 heavy (non-hydrogen) atoms. The van der Waals surface area contributed by atoms with E-state index in [-0.39, 0.29) is 5.91 Å². The van der Waals surface area contributed by atoms with Crippen molar-refractivity contribution in [2.24, 2.45) is 5.92 Å². The molecular formula is C17H26N4O2. The van der Waals surface area contributed by atoms with Gasteiger partial charge in [0.05, 0.1) is 18.8 Å². The summed E-state index contributed by atoms with van der Waals surface area (Å²) in [5.41, 5.74) is 8.19. The molecule has 2 aliphatic rings. The Hall–Kier alpha value is -1.63. The highest BCUT2D eigenvalue weighted by atomic mass is 16.5. The number of morpholine rings is 1. The van der Waals surface area contributed by atoms with E-state index in [1.165, 1.54) is 0 Å². The molecule has 6 nitrogen and oxygen atoms in total. The molecule has 0 spiro atoms. The second kappa shape index (κ2) is 7.29. The number of carbonyl (C=O) groups excluding carboxylic acids is 1. The molecule has 6 heteroatoms.